The third kappa shape index (κ3) is 4.18. The number of nitrogens with one attached hydrogen (secondary N) is 2. The third-order valence-corrected chi connectivity index (χ3v) is 5.99. The second-order valence-electron chi connectivity index (χ2n) is 8.33. The summed E-state index contributed by atoms with van der Waals surface area (Å²) in [5.74, 6) is 3.15. The van der Waals surface area contributed by atoms with Crippen LogP contribution in [0.1, 0.15) is 5.56 Å². The van der Waals surface area contributed by atoms with Gasteiger partial charge in [0.1, 0.15) is 40.9 Å². The van der Waals surface area contributed by atoms with Gasteiger partial charge in [0.2, 0.25) is 5.95 Å². The molecule has 12 nitrogen and oxygen atoms in total. The smallest absolute Gasteiger partial charge is 0.226 e. The molecule has 0 bridgehead atoms. The first kappa shape index (κ1) is 21.9. The summed E-state index contributed by atoms with van der Waals surface area (Å²) in [6.45, 7) is 5.46. The van der Waals surface area contributed by atoms with Crippen LogP contribution in [0.3, 0.4) is 0 Å². The molecule has 0 spiro atoms. The summed E-state index contributed by atoms with van der Waals surface area (Å²) in [6, 6.07) is 7.46. The normalized spacial score (nSPS) is 13.8. The van der Waals surface area contributed by atoms with Gasteiger partial charge in [-0.2, -0.15) is 5.10 Å². The van der Waals surface area contributed by atoms with Crippen molar-refractivity contribution in [1.29, 1.82) is 0 Å². The number of rotatable bonds is 6. The largest absolute Gasteiger partial charge is 0.494 e. The van der Waals surface area contributed by atoms with E-state index >= 15 is 0 Å². The number of anilines is 3. The van der Waals surface area contributed by atoms with E-state index in [1.165, 1.54) is 12.7 Å². The first-order valence-electron chi connectivity index (χ1n) is 11.5. The van der Waals surface area contributed by atoms with Crippen molar-refractivity contribution in [2.75, 3.05) is 43.5 Å². The highest BCUT2D eigenvalue weighted by molar-refractivity contribution is 5.88. The Kier molecular flexibility index (Phi) is 5.62. The lowest BCUT2D eigenvalue weighted by Gasteiger charge is -2.27. The summed E-state index contributed by atoms with van der Waals surface area (Å²) in [7, 11) is 1.62. The van der Waals surface area contributed by atoms with E-state index in [1.807, 2.05) is 31.2 Å². The average molecular weight is 485 g/mol. The predicted molar refractivity (Wildman–Crippen MR) is 134 cm³/mol. The van der Waals surface area contributed by atoms with Crippen molar-refractivity contribution in [2.24, 2.45) is 0 Å². The Labute approximate surface area is 206 Å². The van der Waals surface area contributed by atoms with Crippen LogP contribution >= 0.6 is 0 Å². The highest BCUT2D eigenvalue weighted by Gasteiger charge is 2.17. The zero-order chi connectivity index (χ0) is 24.5. The molecule has 0 atom stereocenters. The summed E-state index contributed by atoms with van der Waals surface area (Å²) >= 11 is 0. The van der Waals surface area contributed by atoms with Crippen molar-refractivity contribution in [3.8, 4) is 17.2 Å². The molecule has 1 saturated heterocycles. The maximum atomic E-state index is 6.14. The van der Waals surface area contributed by atoms with E-state index in [4.69, 9.17) is 14.5 Å². The first-order valence-corrected chi connectivity index (χ1v) is 11.5. The number of benzene rings is 1. The lowest BCUT2D eigenvalue weighted by Crippen LogP contribution is -2.44. The monoisotopic (exact) mass is 484 g/mol. The number of pyridine rings is 1. The molecular weight excluding hydrogens is 460 g/mol. The van der Waals surface area contributed by atoms with Crippen molar-refractivity contribution >= 4 is 34.1 Å². The number of fused-ring (bicyclic) bond motifs is 2. The van der Waals surface area contributed by atoms with E-state index in [0.29, 0.717) is 45.7 Å². The summed E-state index contributed by atoms with van der Waals surface area (Å²) in [4.78, 5) is 24.5. The number of aromatic nitrogens is 7. The van der Waals surface area contributed by atoms with Crippen molar-refractivity contribution in [3.05, 3.63) is 54.9 Å². The van der Waals surface area contributed by atoms with Crippen LogP contribution in [0.2, 0.25) is 0 Å². The maximum Gasteiger partial charge on any atom is 0.226 e. The molecule has 182 valence electrons. The molecule has 36 heavy (non-hydrogen) atoms. The second kappa shape index (κ2) is 9.23. The van der Waals surface area contributed by atoms with Crippen LogP contribution in [-0.2, 0) is 0 Å². The van der Waals surface area contributed by atoms with Crippen LogP contribution in [0.25, 0.3) is 16.7 Å². The topological polar surface area (TPSA) is 128 Å². The summed E-state index contributed by atoms with van der Waals surface area (Å²) in [5.41, 5.74) is 3.65. The fourth-order valence-electron chi connectivity index (χ4n) is 4.11. The van der Waals surface area contributed by atoms with Crippen molar-refractivity contribution in [2.45, 2.75) is 6.92 Å². The zero-order valence-corrected chi connectivity index (χ0v) is 19.8. The van der Waals surface area contributed by atoms with Crippen molar-refractivity contribution in [1.82, 2.24) is 39.9 Å². The van der Waals surface area contributed by atoms with Crippen molar-refractivity contribution < 1.29 is 9.47 Å². The number of methoxy groups -OCH3 is 1. The Morgan fingerprint density at radius 3 is 2.75 bits per heavy atom. The van der Waals surface area contributed by atoms with Crippen LogP contribution in [0.15, 0.2) is 49.3 Å². The molecule has 1 fully saturated rings. The van der Waals surface area contributed by atoms with Gasteiger partial charge < -0.3 is 25.0 Å². The first-order chi connectivity index (χ1) is 17.7. The van der Waals surface area contributed by atoms with Gasteiger partial charge in [0.25, 0.3) is 0 Å². The number of aryl methyl sites for hydroxylation is 1. The molecule has 5 aromatic rings. The molecule has 0 amide bonds. The Morgan fingerprint density at radius 1 is 1.00 bits per heavy atom. The van der Waals surface area contributed by atoms with E-state index in [1.54, 1.807) is 24.0 Å². The quantitative estimate of drug-likeness (QED) is 0.369. The molecule has 0 saturated carbocycles. The van der Waals surface area contributed by atoms with Gasteiger partial charge in [0.15, 0.2) is 11.5 Å². The molecule has 12 heteroatoms. The number of piperazine rings is 1. The minimum Gasteiger partial charge on any atom is -0.494 e. The summed E-state index contributed by atoms with van der Waals surface area (Å²) < 4.78 is 13.5. The third-order valence-electron chi connectivity index (χ3n) is 5.99. The van der Waals surface area contributed by atoms with E-state index in [-0.39, 0.29) is 0 Å². The van der Waals surface area contributed by atoms with Gasteiger partial charge in [0.05, 0.1) is 19.0 Å². The van der Waals surface area contributed by atoms with E-state index in [2.05, 4.69) is 40.6 Å². The molecule has 0 unspecified atom stereocenters. The van der Waals surface area contributed by atoms with Gasteiger partial charge in [-0.3, -0.25) is 0 Å². The lowest BCUT2D eigenvalue weighted by atomic mass is 10.1. The van der Waals surface area contributed by atoms with Crippen LogP contribution in [0.4, 0.5) is 17.5 Å². The molecule has 1 aliphatic rings. The Bertz CT molecular complexity index is 1550. The van der Waals surface area contributed by atoms with Gasteiger partial charge in [0, 0.05) is 44.5 Å². The molecule has 4 aromatic heterocycles. The fraction of sp³-hybridized carbons (Fsp3) is 0.250. The number of hydrogen-bond donors (Lipinski definition) is 2. The molecule has 0 radical (unpaired) electrons. The van der Waals surface area contributed by atoms with Crippen LogP contribution in [0.5, 0.6) is 17.2 Å². The van der Waals surface area contributed by atoms with E-state index in [0.717, 1.165) is 37.4 Å². The van der Waals surface area contributed by atoms with Gasteiger partial charge >= 0.3 is 0 Å². The molecule has 5 heterocycles. The summed E-state index contributed by atoms with van der Waals surface area (Å²) in [5, 5.41) is 10.8. The van der Waals surface area contributed by atoms with E-state index < -0.39 is 0 Å². The standard InChI is InChI=1S/C24H24N10O2/c1-15-9-17(20(35-2)11-19(15)36-16-3-6-34-21(10-16)28-14-30-34)31-23-22-18(27-13-29-23)12-26-24(32-22)33-7-4-25-5-8-33/h3,6,9-14,25H,4-5,7-8H2,1-2H3,(H,27,29,31). The highest BCUT2D eigenvalue weighted by Crippen LogP contribution is 2.37. The SMILES string of the molecule is COc1cc(Oc2ccn3ncnc3c2)c(C)cc1Nc1ncnc2cnc(N3CCNCC3)nc12. The minimum atomic E-state index is 0.572. The lowest BCUT2D eigenvalue weighted by molar-refractivity contribution is 0.410. The Morgan fingerprint density at radius 2 is 1.89 bits per heavy atom. The molecule has 0 aliphatic carbocycles. The molecular formula is C24H24N10O2. The maximum absolute atomic E-state index is 6.14. The number of hydrogen-bond acceptors (Lipinski definition) is 11. The number of ether oxygens (including phenoxy) is 2. The molecule has 1 aromatic carbocycles. The Hall–Kier alpha value is -4.58. The number of nitrogens with zero attached hydrogens (tertiary/aromatic N) is 8. The predicted octanol–water partition coefficient (Wildman–Crippen LogP) is 2.73. The van der Waals surface area contributed by atoms with Gasteiger partial charge in [-0.05, 0) is 24.6 Å². The van der Waals surface area contributed by atoms with Crippen LogP contribution < -0.4 is 25.0 Å². The molecule has 2 N–H and O–H groups in total. The highest BCUT2D eigenvalue weighted by atomic mass is 16.5. The Balaban J connectivity index is 1.31. The summed E-state index contributed by atoms with van der Waals surface area (Å²) in [6.07, 6.45) is 6.54. The minimum absolute atomic E-state index is 0.572. The van der Waals surface area contributed by atoms with Crippen LogP contribution in [-0.4, -0.2) is 67.8 Å². The van der Waals surface area contributed by atoms with E-state index in [9.17, 15) is 0 Å². The van der Waals surface area contributed by atoms with Gasteiger partial charge in [-0.25, -0.2) is 29.4 Å². The second-order valence-corrected chi connectivity index (χ2v) is 8.33. The molecule has 6 rings (SSSR count). The van der Waals surface area contributed by atoms with Crippen molar-refractivity contribution in [3.63, 3.8) is 0 Å². The average Bonchev–Trinajstić information content (AvgIpc) is 3.39. The zero-order valence-electron chi connectivity index (χ0n) is 19.8. The van der Waals surface area contributed by atoms with Gasteiger partial charge in [-0.15, -0.1) is 0 Å². The fourth-order valence-corrected chi connectivity index (χ4v) is 4.11. The molecule has 1 aliphatic heterocycles. The van der Waals surface area contributed by atoms with Gasteiger partial charge in [-0.1, -0.05) is 0 Å². The van der Waals surface area contributed by atoms with Crippen LogP contribution in [0, 0.1) is 6.92 Å².